The predicted molar refractivity (Wildman–Crippen MR) is 200 cm³/mol. The molecule has 0 saturated carbocycles. The van der Waals surface area contributed by atoms with Gasteiger partial charge in [-0.1, -0.05) is 166 Å². The fraction of sp³-hybridized carbons (Fsp3) is 0.200. The number of nitrogens with zero attached hydrogens (tertiary/aromatic N) is 2. The quantitative estimate of drug-likeness (QED) is 0.120. The molecule has 2 heteroatoms. The summed E-state index contributed by atoms with van der Waals surface area (Å²) in [4.78, 5) is 4.96. The smallest absolute Gasteiger partial charge is 0.0433 e. The Labute approximate surface area is 282 Å². The summed E-state index contributed by atoms with van der Waals surface area (Å²) in [7, 11) is 0. The molecular weight excluding hydrogens is 569 g/mol. The molecule has 0 saturated heterocycles. The highest BCUT2D eigenvalue weighted by Crippen LogP contribution is 2.36. The van der Waals surface area contributed by atoms with Crippen LogP contribution in [0.3, 0.4) is 0 Å². The van der Waals surface area contributed by atoms with E-state index in [9.17, 15) is 0 Å². The van der Waals surface area contributed by atoms with Crippen LogP contribution >= 0.6 is 0 Å². The molecule has 0 heterocycles. The molecule has 236 valence electrons. The molecule has 47 heavy (non-hydrogen) atoms. The molecule has 6 aromatic carbocycles. The Morgan fingerprint density at radius 3 is 0.915 bits per heavy atom. The topological polar surface area (TPSA) is 6.48 Å². The van der Waals surface area contributed by atoms with Crippen molar-refractivity contribution >= 4 is 11.4 Å². The van der Waals surface area contributed by atoms with E-state index in [0.717, 1.165) is 32.6 Å². The number of anilines is 2. The average Bonchev–Trinajstić information content (AvgIpc) is 3.13. The van der Waals surface area contributed by atoms with Gasteiger partial charge in [-0.2, -0.15) is 0 Å². The lowest BCUT2D eigenvalue weighted by Gasteiger charge is -2.29. The van der Waals surface area contributed by atoms with Gasteiger partial charge in [-0.05, 0) is 63.6 Å². The van der Waals surface area contributed by atoms with Crippen LogP contribution in [0.15, 0.2) is 170 Å². The van der Waals surface area contributed by atoms with Gasteiger partial charge >= 0.3 is 0 Å². The summed E-state index contributed by atoms with van der Waals surface area (Å²) in [6.45, 7) is 8.17. The minimum absolute atomic E-state index is 0.330. The zero-order chi connectivity index (χ0) is 32.3. The second-order valence-corrected chi connectivity index (χ2v) is 12.7. The summed E-state index contributed by atoms with van der Waals surface area (Å²) >= 11 is 0. The van der Waals surface area contributed by atoms with Crippen molar-refractivity contribution < 1.29 is 0 Å². The third-order valence-electron chi connectivity index (χ3n) is 9.31. The highest BCUT2D eigenvalue weighted by molar-refractivity contribution is 5.53. The lowest BCUT2D eigenvalue weighted by atomic mass is 9.80. The Kier molecular flexibility index (Phi) is 10.8. The van der Waals surface area contributed by atoms with Crippen LogP contribution in [0.2, 0.25) is 0 Å². The normalized spacial score (nSPS) is 11.7. The third kappa shape index (κ3) is 8.60. The van der Waals surface area contributed by atoms with E-state index in [0.29, 0.717) is 11.8 Å². The molecule has 0 N–H and O–H groups in total. The van der Waals surface area contributed by atoms with Gasteiger partial charge in [0.1, 0.15) is 0 Å². The van der Waals surface area contributed by atoms with Crippen LogP contribution < -0.4 is 9.80 Å². The highest BCUT2D eigenvalue weighted by Gasteiger charge is 2.21. The van der Waals surface area contributed by atoms with Crippen LogP contribution in [0.5, 0.6) is 0 Å². The van der Waals surface area contributed by atoms with E-state index in [2.05, 4.69) is 194 Å². The molecule has 0 fully saturated rings. The summed E-state index contributed by atoms with van der Waals surface area (Å²) in [5.74, 6) is 0.845. The molecule has 0 amide bonds. The van der Waals surface area contributed by atoms with Crippen molar-refractivity contribution in [3.05, 3.63) is 203 Å². The van der Waals surface area contributed by atoms with Crippen molar-refractivity contribution in [3.8, 4) is 0 Å². The van der Waals surface area contributed by atoms with Crippen molar-refractivity contribution in [3.63, 3.8) is 0 Å². The molecule has 6 aromatic rings. The summed E-state index contributed by atoms with van der Waals surface area (Å²) in [5, 5.41) is 0. The largest absolute Gasteiger partial charge is 0.363 e. The van der Waals surface area contributed by atoms with E-state index >= 15 is 0 Å². The summed E-state index contributed by atoms with van der Waals surface area (Å²) < 4.78 is 0. The molecule has 1 unspecified atom stereocenters. The lowest BCUT2D eigenvalue weighted by molar-refractivity contribution is 0.496. The van der Waals surface area contributed by atoms with E-state index in [4.69, 9.17) is 0 Å². The fourth-order valence-electron chi connectivity index (χ4n) is 6.56. The molecule has 0 aliphatic heterocycles. The van der Waals surface area contributed by atoms with E-state index in [-0.39, 0.29) is 0 Å². The zero-order valence-electron chi connectivity index (χ0n) is 27.8. The number of hydrogen-bond donors (Lipinski definition) is 0. The third-order valence-corrected chi connectivity index (χ3v) is 9.31. The molecule has 1 atom stereocenters. The van der Waals surface area contributed by atoms with Crippen molar-refractivity contribution in [1.82, 2.24) is 0 Å². The first-order valence-corrected chi connectivity index (χ1v) is 17.0. The summed E-state index contributed by atoms with van der Waals surface area (Å²) in [6.07, 6.45) is 1.12. The van der Waals surface area contributed by atoms with Crippen LogP contribution in [0.25, 0.3) is 0 Å². The van der Waals surface area contributed by atoms with Gasteiger partial charge in [0.05, 0.1) is 0 Å². The highest BCUT2D eigenvalue weighted by atomic mass is 15.1. The SMILES string of the molecule is CCC(C)C(c1ccc(N(Cc2ccccc2)Cc2ccccc2)cc1)c1ccc(N(Cc2ccccc2)Cc2ccccc2)cc1. The van der Waals surface area contributed by atoms with Crippen LogP contribution in [-0.4, -0.2) is 0 Å². The Morgan fingerprint density at radius 2 is 0.660 bits per heavy atom. The first kappa shape index (κ1) is 31.9. The molecule has 0 bridgehead atoms. The van der Waals surface area contributed by atoms with Gasteiger partial charge in [0.15, 0.2) is 0 Å². The van der Waals surface area contributed by atoms with Gasteiger partial charge in [-0.25, -0.2) is 0 Å². The first-order chi connectivity index (χ1) is 23.2. The first-order valence-electron chi connectivity index (χ1n) is 17.0. The average molecular weight is 615 g/mol. The van der Waals surface area contributed by atoms with Crippen molar-refractivity contribution in [2.45, 2.75) is 52.4 Å². The molecule has 0 aromatic heterocycles. The molecule has 2 nitrogen and oxygen atoms in total. The fourth-order valence-corrected chi connectivity index (χ4v) is 6.56. The Morgan fingerprint density at radius 1 is 0.383 bits per heavy atom. The minimum atomic E-state index is 0.330. The Bertz CT molecular complexity index is 1540. The molecule has 0 radical (unpaired) electrons. The van der Waals surface area contributed by atoms with Gasteiger partial charge in [0.25, 0.3) is 0 Å². The van der Waals surface area contributed by atoms with Crippen molar-refractivity contribution in [2.24, 2.45) is 5.92 Å². The molecule has 0 spiro atoms. The maximum atomic E-state index is 2.48. The van der Waals surface area contributed by atoms with Gasteiger partial charge in [-0.3, -0.25) is 0 Å². The van der Waals surface area contributed by atoms with Crippen LogP contribution in [-0.2, 0) is 26.2 Å². The summed E-state index contributed by atoms with van der Waals surface area (Å²) in [5.41, 5.74) is 10.5. The van der Waals surface area contributed by atoms with Gasteiger partial charge < -0.3 is 9.80 Å². The lowest BCUT2D eigenvalue weighted by Crippen LogP contribution is -2.22. The standard InChI is InChI=1S/C45H46N2/c1-3-36(2)45(41-24-28-43(29-25-41)46(32-37-16-8-4-9-17-37)33-38-18-10-5-11-19-38)42-26-30-44(31-27-42)47(34-39-20-12-6-13-21-39)35-40-22-14-7-15-23-40/h4-31,36,45H,3,32-35H2,1-2H3. The second-order valence-electron chi connectivity index (χ2n) is 12.7. The monoisotopic (exact) mass is 614 g/mol. The molecule has 0 aliphatic rings. The zero-order valence-corrected chi connectivity index (χ0v) is 27.8. The predicted octanol–water partition coefficient (Wildman–Crippen LogP) is 11.3. The van der Waals surface area contributed by atoms with E-state index in [1.807, 2.05) is 0 Å². The van der Waals surface area contributed by atoms with E-state index in [1.54, 1.807) is 0 Å². The van der Waals surface area contributed by atoms with Crippen LogP contribution in [0, 0.1) is 5.92 Å². The van der Waals surface area contributed by atoms with Crippen LogP contribution in [0.4, 0.5) is 11.4 Å². The van der Waals surface area contributed by atoms with Crippen molar-refractivity contribution in [2.75, 3.05) is 9.80 Å². The van der Waals surface area contributed by atoms with E-state index < -0.39 is 0 Å². The Hall–Kier alpha value is -5.08. The second kappa shape index (κ2) is 16.0. The summed E-state index contributed by atoms with van der Waals surface area (Å²) in [6, 6.07) is 61.9. The van der Waals surface area contributed by atoms with Gasteiger partial charge in [0.2, 0.25) is 0 Å². The maximum Gasteiger partial charge on any atom is 0.0433 e. The van der Waals surface area contributed by atoms with Gasteiger partial charge in [-0.15, -0.1) is 0 Å². The van der Waals surface area contributed by atoms with Crippen molar-refractivity contribution in [1.29, 1.82) is 0 Å². The molecule has 0 aliphatic carbocycles. The minimum Gasteiger partial charge on any atom is -0.363 e. The Balaban J connectivity index is 1.26. The molecular formula is C45H46N2. The van der Waals surface area contributed by atoms with Crippen LogP contribution in [0.1, 0.15) is 59.6 Å². The number of benzene rings is 6. The van der Waals surface area contributed by atoms with E-state index in [1.165, 1.54) is 44.8 Å². The number of rotatable bonds is 14. The molecule has 6 rings (SSSR count). The maximum absolute atomic E-state index is 2.48. The van der Waals surface area contributed by atoms with Gasteiger partial charge in [0, 0.05) is 43.5 Å². The number of hydrogen-bond acceptors (Lipinski definition) is 2.